The van der Waals surface area contributed by atoms with E-state index in [0.717, 1.165) is 14.0 Å². The van der Waals surface area contributed by atoms with Gasteiger partial charge in [-0.05, 0) is 6.92 Å². The summed E-state index contributed by atoms with van der Waals surface area (Å²) in [6, 6.07) is -1.15. The van der Waals surface area contributed by atoms with Crippen LogP contribution in [0.3, 0.4) is 0 Å². The first-order chi connectivity index (χ1) is 3.18. The lowest BCUT2D eigenvalue weighted by Gasteiger charge is -1.89. The zero-order valence-corrected chi connectivity index (χ0v) is 4.16. The topological polar surface area (TPSA) is 9.23 Å². The van der Waals surface area contributed by atoms with Crippen LogP contribution in [0.2, 0.25) is 0 Å². The van der Waals surface area contributed by atoms with E-state index >= 15 is 0 Å². The maximum Gasteiger partial charge on any atom is 0.304 e. The number of ether oxygens (including phenoxy) is 1. The molecule has 0 radical (unpaired) electrons. The lowest BCUT2D eigenvalue weighted by Crippen LogP contribution is -1.77. The highest BCUT2D eigenvalue weighted by Crippen LogP contribution is 2.05. The number of halogens is 2. The van der Waals surface area contributed by atoms with Crippen molar-refractivity contribution < 1.29 is 13.5 Å². The maximum absolute atomic E-state index is 11.5. The predicted molar refractivity (Wildman–Crippen MR) is 21.9 cm³/mol. The maximum atomic E-state index is 11.5. The average molecular weight is 108 g/mol. The minimum Gasteiger partial charge on any atom is -0.472 e. The van der Waals surface area contributed by atoms with E-state index in [-0.39, 0.29) is 0 Å². The molecule has 0 aromatic rings. The Morgan fingerprint density at radius 1 is 1.43 bits per heavy atom. The second kappa shape index (κ2) is 2.55. The van der Waals surface area contributed by atoms with Crippen molar-refractivity contribution in [2.45, 2.75) is 6.92 Å². The summed E-state index contributed by atoms with van der Waals surface area (Å²) in [5.41, 5.74) is 0. The number of allylic oxidation sites excluding steroid dienone is 1. The van der Waals surface area contributed by atoms with Crippen LogP contribution >= 0.6 is 0 Å². The third-order valence-corrected chi connectivity index (χ3v) is 0.450. The van der Waals surface area contributed by atoms with Gasteiger partial charge in [-0.1, -0.05) is 0 Å². The lowest BCUT2D eigenvalue weighted by atomic mass is 10.7. The highest BCUT2D eigenvalue weighted by Gasteiger charge is 1.94. The van der Waals surface area contributed by atoms with Gasteiger partial charge in [-0.25, -0.2) is 4.39 Å². The molecule has 0 N–H and O–H groups in total. The fraction of sp³-hybridized carbons (Fsp3) is 0.500. The van der Waals surface area contributed by atoms with Crippen LogP contribution < -0.4 is 0 Å². The van der Waals surface area contributed by atoms with Gasteiger partial charge in [0, 0.05) is 0 Å². The van der Waals surface area contributed by atoms with Crippen molar-refractivity contribution in [3.8, 4) is 0 Å². The van der Waals surface area contributed by atoms with Crippen LogP contribution in [-0.4, -0.2) is 7.11 Å². The molecule has 0 fully saturated rings. The largest absolute Gasteiger partial charge is 0.472 e. The molecule has 0 bridgehead atoms. The Morgan fingerprint density at radius 3 is 1.86 bits per heavy atom. The number of rotatable bonds is 1. The van der Waals surface area contributed by atoms with Gasteiger partial charge in [0.15, 0.2) is 5.83 Å². The molecular formula is C4H6F2O. The van der Waals surface area contributed by atoms with Gasteiger partial charge in [0.25, 0.3) is 0 Å². The molecule has 0 aliphatic rings. The standard InChI is InChI=1S/C4H6F2O/c1-3(5)4(6)7-2/h1-2H3/b4-3-. The Labute approximate surface area is 40.6 Å². The van der Waals surface area contributed by atoms with Crippen molar-refractivity contribution in [1.29, 1.82) is 0 Å². The van der Waals surface area contributed by atoms with E-state index in [4.69, 9.17) is 0 Å². The van der Waals surface area contributed by atoms with Crippen LogP contribution in [0, 0.1) is 0 Å². The summed E-state index contributed by atoms with van der Waals surface area (Å²) in [6.07, 6.45) is 0. The Bertz CT molecular complexity index is 83.7. The fourth-order valence-corrected chi connectivity index (χ4v) is 0.141. The van der Waals surface area contributed by atoms with Gasteiger partial charge >= 0.3 is 6.01 Å². The number of hydrogen-bond acceptors (Lipinski definition) is 1. The minimum absolute atomic E-state index is 0.928. The predicted octanol–water partition coefficient (Wildman–Crippen LogP) is 1.76. The Hall–Kier alpha value is -0.600. The Morgan fingerprint density at radius 2 is 1.86 bits per heavy atom. The van der Waals surface area contributed by atoms with Crippen molar-refractivity contribution in [1.82, 2.24) is 0 Å². The first-order valence-electron chi connectivity index (χ1n) is 1.74. The summed E-state index contributed by atoms with van der Waals surface area (Å²) in [5, 5.41) is 0. The van der Waals surface area contributed by atoms with Gasteiger partial charge in [-0.2, -0.15) is 4.39 Å². The van der Waals surface area contributed by atoms with E-state index in [1.165, 1.54) is 0 Å². The molecule has 7 heavy (non-hydrogen) atoms. The molecule has 0 unspecified atom stereocenters. The first-order valence-corrected chi connectivity index (χ1v) is 1.74. The van der Waals surface area contributed by atoms with Gasteiger partial charge in [0.1, 0.15) is 0 Å². The molecule has 0 aliphatic heterocycles. The van der Waals surface area contributed by atoms with E-state index in [1.54, 1.807) is 0 Å². The van der Waals surface area contributed by atoms with Crippen molar-refractivity contribution in [3.05, 3.63) is 11.8 Å². The summed E-state index contributed by atoms with van der Waals surface area (Å²) in [4.78, 5) is 0. The molecule has 0 amide bonds. The second-order valence-electron chi connectivity index (χ2n) is 1.01. The molecule has 0 spiro atoms. The van der Waals surface area contributed by atoms with E-state index in [9.17, 15) is 8.78 Å². The van der Waals surface area contributed by atoms with Gasteiger partial charge in [-0.3, -0.25) is 0 Å². The summed E-state index contributed by atoms with van der Waals surface area (Å²) in [6.45, 7) is 0.985. The van der Waals surface area contributed by atoms with Gasteiger partial charge < -0.3 is 4.74 Å². The van der Waals surface area contributed by atoms with Crippen LogP contribution in [0.15, 0.2) is 11.8 Å². The summed E-state index contributed by atoms with van der Waals surface area (Å²) >= 11 is 0. The average Bonchev–Trinajstić information content (AvgIpc) is 1.65. The molecule has 1 nitrogen and oxygen atoms in total. The molecule has 0 aliphatic carbocycles. The quantitative estimate of drug-likeness (QED) is 0.465. The van der Waals surface area contributed by atoms with E-state index < -0.39 is 11.8 Å². The zero-order valence-electron chi connectivity index (χ0n) is 4.16. The lowest BCUT2D eigenvalue weighted by molar-refractivity contribution is 0.187. The normalized spacial score (nSPS) is 13.1. The summed E-state index contributed by atoms with van der Waals surface area (Å²) in [7, 11) is 1.07. The van der Waals surface area contributed by atoms with Crippen molar-refractivity contribution in [3.63, 3.8) is 0 Å². The third kappa shape index (κ3) is 2.14. The Balaban J connectivity index is 3.72. The van der Waals surface area contributed by atoms with Crippen LogP contribution in [0.25, 0.3) is 0 Å². The van der Waals surface area contributed by atoms with Crippen LogP contribution in [0.5, 0.6) is 0 Å². The van der Waals surface area contributed by atoms with E-state index in [2.05, 4.69) is 4.74 Å². The molecule has 3 heteroatoms. The van der Waals surface area contributed by atoms with Crippen molar-refractivity contribution >= 4 is 0 Å². The fourth-order valence-electron chi connectivity index (χ4n) is 0.141. The molecule has 0 rings (SSSR count). The highest BCUT2D eigenvalue weighted by atomic mass is 19.2. The van der Waals surface area contributed by atoms with Crippen molar-refractivity contribution in [2.75, 3.05) is 7.11 Å². The SMILES string of the molecule is CO/C(F)=C(/C)F. The monoisotopic (exact) mass is 108 g/mol. The molecule has 0 saturated heterocycles. The summed E-state index contributed by atoms with van der Waals surface area (Å²) in [5.74, 6) is -0.928. The van der Waals surface area contributed by atoms with Crippen molar-refractivity contribution in [2.24, 2.45) is 0 Å². The van der Waals surface area contributed by atoms with Crippen LogP contribution in [-0.2, 0) is 4.74 Å². The molecule has 0 atom stereocenters. The van der Waals surface area contributed by atoms with E-state index in [1.807, 2.05) is 0 Å². The van der Waals surface area contributed by atoms with Gasteiger partial charge in [-0.15, -0.1) is 0 Å². The minimum atomic E-state index is -1.15. The van der Waals surface area contributed by atoms with E-state index in [0.29, 0.717) is 0 Å². The molecule has 0 aromatic carbocycles. The molecule has 0 saturated carbocycles. The zero-order chi connectivity index (χ0) is 5.86. The summed E-state index contributed by atoms with van der Waals surface area (Å²) < 4.78 is 26.9. The van der Waals surface area contributed by atoms with Gasteiger partial charge in [0.2, 0.25) is 0 Å². The van der Waals surface area contributed by atoms with Crippen LogP contribution in [0.1, 0.15) is 6.92 Å². The smallest absolute Gasteiger partial charge is 0.304 e. The molecular weight excluding hydrogens is 102 g/mol. The first kappa shape index (κ1) is 6.40. The molecule has 42 valence electrons. The second-order valence-corrected chi connectivity index (χ2v) is 1.01. The van der Waals surface area contributed by atoms with Crippen LogP contribution in [0.4, 0.5) is 8.78 Å². The van der Waals surface area contributed by atoms with Gasteiger partial charge in [0.05, 0.1) is 7.11 Å². The highest BCUT2D eigenvalue weighted by molar-refractivity contribution is 4.86. The third-order valence-electron chi connectivity index (χ3n) is 0.450. The number of hydrogen-bond donors (Lipinski definition) is 0. The molecule has 0 heterocycles. The Kier molecular flexibility index (Phi) is 2.33. The number of methoxy groups -OCH3 is 1. The molecule has 0 aromatic heterocycles.